The third-order valence-corrected chi connectivity index (χ3v) is 2.60. The fourth-order valence-electron chi connectivity index (χ4n) is 1.58. The van der Waals surface area contributed by atoms with E-state index in [9.17, 15) is 9.18 Å². The van der Waals surface area contributed by atoms with Crippen LogP contribution in [0.4, 0.5) is 4.39 Å². The lowest BCUT2D eigenvalue weighted by molar-refractivity contribution is -0.130. The molecule has 0 unspecified atom stereocenters. The van der Waals surface area contributed by atoms with Gasteiger partial charge in [-0.25, -0.2) is 4.39 Å². The van der Waals surface area contributed by atoms with Gasteiger partial charge in [0, 0.05) is 13.1 Å². The van der Waals surface area contributed by atoms with Gasteiger partial charge in [0.05, 0.1) is 6.54 Å². The number of carbonyl (C=O) groups is 1. The van der Waals surface area contributed by atoms with Crippen LogP contribution < -0.4 is 5.73 Å². The average molecular weight is 238 g/mol. The highest BCUT2D eigenvalue weighted by molar-refractivity contribution is 5.78. The molecule has 0 saturated carbocycles. The number of halogens is 1. The maximum absolute atomic E-state index is 12.8. The molecular weight excluding hydrogens is 219 g/mol. The molecule has 0 aliphatic rings. The molecule has 1 aromatic carbocycles. The van der Waals surface area contributed by atoms with Crippen molar-refractivity contribution in [2.24, 2.45) is 5.73 Å². The number of amides is 1. The molecule has 0 fully saturated rings. The van der Waals surface area contributed by atoms with Crippen molar-refractivity contribution in [3.8, 4) is 0 Å². The lowest BCUT2D eigenvalue weighted by Crippen LogP contribution is -2.36. The monoisotopic (exact) mass is 238 g/mol. The minimum absolute atomic E-state index is 0.0188. The third kappa shape index (κ3) is 4.53. The van der Waals surface area contributed by atoms with Gasteiger partial charge in [0.25, 0.3) is 0 Å². The molecular formula is C13H19FN2O. The van der Waals surface area contributed by atoms with Gasteiger partial charge in [-0.05, 0) is 24.1 Å². The normalized spacial score (nSPS) is 10.3. The zero-order valence-electron chi connectivity index (χ0n) is 10.2. The number of carbonyl (C=O) groups excluding carboxylic acids is 1. The van der Waals surface area contributed by atoms with Crippen molar-refractivity contribution in [3.63, 3.8) is 0 Å². The zero-order valence-corrected chi connectivity index (χ0v) is 10.2. The van der Waals surface area contributed by atoms with Gasteiger partial charge < -0.3 is 10.6 Å². The summed E-state index contributed by atoms with van der Waals surface area (Å²) in [6.07, 6.45) is 1.98. The van der Waals surface area contributed by atoms with Crippen molar-refractivity contribution in [2.75, 3.05) is 13.1 Å². The largest absolute Gasteiger partial charge is 0.337 e. The Morgan fingerprint density at radius 2 is 2.00 bits per heavy atom. The van der Waals surface area contributed by atoms with E-state index in [1.54, 1.807) is 17.0 Å². The second-order valence-electron chi connectivity index (χ2n) is 4.00. The van der Waals surface area contributed by atoms with Crippen LogP contribution in [0.3, 0.4) is 0 Å². The minimum Gasteiger partial charge on any atom is -0.337 e. The fraction of sp³-hybridized carbons (Fsp3) is 0.462. The van der Waals surface area contributed by atoms with Crippen molar-refractivity contribution in [3.05, 3.63) is 35.6 Å². The number of rotatable bonds is 6. The lowest BCUT2D eigenvalue weighted by Gasteiger charge is -2.22. The van der Waals surface area contributed by atoms with E-state index in [-0.39, 0.29) is 18.3 Å². The van der Waals surface area contributed by atoms with Crippen molar-refractivity contribution in [2.45, 2.75) is 26.3 Å². The summed E-state index contributed by atoms with van der Waals surface area (Å²) in [6.45, 7) is 3.29. The van der Waals surface area contributed by atoms with Crippen molar-refractivity contribution in [1.29, 1.82) is 0 Å². The topological polar surface area (TPSA) is 46.3 Å². The highest BCUT2D eigenvalue weighted by Gasteiger charge is 2.11. The van der Waals surface area contributed by atoms with E-state index in [1.165, 1.54) is 12.1 Å². The highest BCUT2D eigenvalue weighted by atomic mass is 19.1. The number of nitrogens with zero attached hydrogens (tertiary/aromatic N) is 1. The van der Waals surface area contributed by atoms with Gasteiger partial charge in [-0.1, -0.05) is 25.5 Å². The van der Waals surface area contributed by atoms with E-state index in [4.69, 9.17) is 5.73 Å². The number of hydrogen-bond acceptors (Lipinski definition) is 2. The SMILES string of the molecule is CCCCN(Cc1ccc(F)cc1)C(=O)CN. The number of hydrogen-bond donors (Lipinski definition) is 1. The summed E-state index contributed by atoms with van der Waals surface area (Å²) in [5.41, 5.74) is 6.29. The maximum Gasteiger partial charge on any atom is 0.236 e. The molecule has 1 aromatic rings. The smallest absolute Gasteiger partial charge is 0.236 e. The van der Waals surface area contributed by atoms with E-state index < -0.39 is 0 Å². The Hall–Kier alpha value is -1.42. The van der Waals surface area contributed by atoms with E-state index in [2.05, 4.69) is 6.92 Å². The summed E-state index contributed by atoms with van der Waals surface area (Å²) in [7, 11) is 0. The van der Waals surface area contributed by atoms with Gasteiger partial charge in [0.1, 0.15) is 5.82 Å². The molecule has 0 atom stereocenters. The van der Waals surface area contributed by atoms with Crippen LogP contribution in [-0.2, 0) is 11.3 Å². The van der Waals surface area contributed by atoms with Crippen LogP contribution in [0.2, 0.25) is 0 Å². The van der Waals surface area contributed by atoms with Gasteiger partial charge in [-0.15, -0.1) is 0 Å². The molecule has 0 aliphatic carbocycles. The summed E-state index contributed by atoms with van der Waals surface area (Å²) in [5, 5.41) is 0. The van der Waals surface area contributed by atoms with Crippen LogP contribution in [-0.4, -0.2) is 23.9 Å². The van der Waals surface area contributed by atoms with Gasteiger partial charge in [-0.2, -0.15) is 0 Å². The Morgan fingerprint density at radius 3 is 2.53 bits per heavy atom. The molecule has 1 amide bonds. The standard InChI is InChI=1S/C13H19FN2O/c1-2-3-8-16(13(17)9-15)10-11-4-6-12(14)7-5-11/h4-7H,2-3,8-10,15H2,1H3. The first-order valence-electron chi connectivity index (χ1n) is 5.89. The highest BCUT2D eigenvalue weighted by Crippen LogP contribution is 2.08. The van der Waals surface area contributed by atoms with Crippen LogP contribution in [0.5, 0.6) is 0 Å². The molecule has 4 heteroatoms. The first-order valence-corrected chi connectivity index (χ1v) is 5.89. The molecule has 1 rings (SSSR count). The molecule has 0 heterocycles. The predicted octanol–water partition coefficient (Wildman–Crippen LogP) is 1.91. The third-order valence-electron chi connectivity index (χ3n) is 2.60. The van der Waals surface area contributed by atoms with Gasteiger partial charge in [-0.3, -0.25) is 4.79 Å². The molecule has 17 heavy (non-hydrogen) atoms. The molecule has 2 N–H and O–H groups in total. The molecule has 0 aromatic heterocycles. The Labute approximate surface area is 101 Å². The van der Waals surface area contributed by atoms with Crippen LogP contribution >= 0.6 is 0 Å². The molecule has 0 saturated heterocycles. The number of nitrogens with two attached hydrogens (primary N) is 1. The molecule has 0 radical (unpaired) electrons. The fourth-order valence-corrected chi connectivity index (χ4v) is 1.58. The number of unbranched alkanes of at least 4 members (excludes halogenated alkanes) is 1. The Balaban J connectivity index is 2.64. The van der Waals surface area contributed by atoms with E-state index in [0.717, 1.165) is 18.4 Å². The first kappa shape index (κ1) is 13.6. The van der Waals surface area contributed by atoms with E-state index >= 15 is 0 Å². The van der Waals surface area contributed by atoms with Crippen molar-refractivity contribution in [1.82, 2.24) is 4.90 Å². The first-order chi connectivity index (χ1) is 8.17. The molecule has 0 aliphatic heterocycles. The Bertz CT molecular complexity index is 351. The summed E-state index contributed by atoms with van der Waals surface area (Å²) in [5.74, 6) is -0.332. The van der Waals surface area contributed by atoms with E-state index in [0.29, 0.717) is 13.1 Å². The van der Waals surface area contributed by atoms with Crippen LogP contribution in [0.25, 0.3) is 0 Å². The van der Waals surface area contributed by atoms with Crippen LogP contribution in [0, 0.1) is 5.82 Å². The van der Waals surface area contributed by atoms with Gasteiger partial charge >= 0.3 is 0 Å². The van der Waals surface area contributed by atoms with E-state index in [1.807, 2.05) is 0 Å². The molecule has 0 spiro atoms. The van der Waals surface area contributed by atoms with Gasteiger partial charge in [0.2, 0.25) is 5.91 Å². The Morgan fingerprint density at radius 1 is 1.35 bits per heavy atom. The van der Waals surface area contributed by atoms with Crippen LogP contribution in [0.15, 0.2) is 24.3 Å². The van der Waals surface area contributed by atoms with Crippen LogP contribution in [0.1, 0.15) is 25.3 Å². The van der Waals surface area contributed by atoms with Gasteiger partial charge in [0.15, 0.2) is 0 Å². The second kappa shape index (κ2) is 7.01. The molecule has 94 valence electrons. The van der Waals surface area contributed by atoms with Crippen molar-refractivity contribution < 1.29 is 9.18 Å². The predicted molar refractivity (Wildman–Crippen MR) is 65.8 cm³/mol. The second-order valence-corrected chi connectivity index (χ2v) is 4.00. The average Bonchev–Trinajstić information content (AvgIpc) is 2.36. The summed E-state index contributed by atoms with van der Waals surface area (Å²) < 4.78 is 12.8. The maximum atomic E-state index is 12.8. The zero-order chi connectivity index (χ0) is 12.7. The number of benzene rings is 1. The summed E-state index contributed by atoms with van der Waals surface area (Å²) >= 11 is 0. The quantitative estimate of drug-likeness (QED) is 0.823. The lowest BCUT2D eigenvalue weighted by atomic mass is 10.2. The minimum atomic E-state index is -0.265. The molecule has 0 bridgehead atoms. The van der Waals surface area contributed by atoms with Crippen molar-refractivity contribution >= 4 is 5.91 Å². The Kier molecular flexibility index (Phi) is 5.63. The molecule has 3 nitrogen and oxygen atoms in total. The summed E-state index contributed by atoms with van der Waals surface area (Å²) in [6, 6.07) is 6.19. The summed E-state index contributed by atoms with van der Waals surface area (Å²) in [4.78, 5) is 13.3.